The fraction of sp³-hybridized carbons (Fsp3) is 0.500. The molecule has 0 bridgehead atoms. The molecule has 0 amide bonds. The van der Waals surface area contributed by atoms with Crippen molar-refractivity contribution in [2.24, 2.45) is 0 Å². The smallest absolute Gasteiger partial charge is 0.428 e. The summed E-state index contributed by atoms with van der Waals surface area (Å²) in [7, 11) is 0. The van der Waals surface area contributed by atoms with E-state index in [2.05, 4.69) is 6.92 Å². The Bertz CT molecular complexity index is 6.00. The van der Waals surface area contributed by atoms with Crippen molar-refractivity contribution in [1.29, 1.82) is 0 Å². The first kappa shape index (κ1) is 8.82. The van der Waals surface area contributed by atoms with E-state index in [0.29, 0.717) is 0 Å². The standard InChI is InChI=1S/C2H5O.Li/c1-2-3;/h3H,1-2H2;/q-1;+1. The van der Waals surface area contributed by atoms with Crippen LogP contribution in [0.25, 0.3) is 0 Å². The molecular formula is C2H5LiO. The predicted molar refractivity (Wildman–Crippen MR) is 12.4 cm³/mol. The first-order valence-corrected chi connectivity index (χ1v) is 0.816. The molecule has 0 aromatic rings. The van der Waals surface area contributed by atoms with E-state index in [1.165, 1.54) is 0 Å². The van der Waals surface area contributed by atoms with Crippen LogP contribution in [0, 0.1) is 6.92 Å². The molecule has 0 radical (unpaired) electrons. The third-order valence-electron chi connectivity index (χ3n) is 0. The van der Waals surface area contributed by atoms with Gasteiger partial charge in [-0.1, -0.05) is 6.61 Å². The molecule has 0 saturated heterocycles. The molecule has 0 atom stereocenters. The van der Waals surface area contributed by atoms with E-state index in [9.17, 15) is 0 Å². The zero-order valence-corrected chi connectivity index (χ0v) is 2.86. The van der Waals surface area contributed by atoms with Crippen molar-refractivity contribution >= 4 is 0 Å². The zero-order chi connectivity index (χ0) is 2.71. The number of hydrogen-bond acceptors (Lipinski definition) is 1. The summed E-state index contributed by atoms with van der Waals surface area (Å²) in [5, 5.41) is 7.46. The first-order valence-electron chi connectivity index (χ1n) is 0.816. The van der Waals surface area contributed by atoms with Gasteiger partial charge in [-0.3, -0.25) is 0 Å². The van der Waals surface area contributed by atoms with Gasteiger partial charge >= 0.3 is 18.9 Å². The van der Waals surface area contributed by atoms with Crippen LogP contribution >= 0.6 is 0 Å². The molecule has 0 rings (SSSR count). The summed E-state index contributed by atoms with van der Waals surface area (Å²) < 4.78 is 0. The second-order valence-electron chi connectivity index (χ2n) is 0.224. The number of aliphatic hydroxyl groups is 1. The largest absolute Gasteiger partial charge is 1.00 e. The molecule has 0 spiro atoms. The summed E-state index contributed by atoms with van der Waals surface area (Å²) in [4.78, 5) is 0. The van der Waals surface area contributed by atoms with Gasteiger partial charge in [0.2, 0.25) is 0 Å². The molecule has 20 valence electrons. The van der Waals surface area contributed by atoms with Gasteiger partial charge in [0.25, 0.3) is 0 Å². The Morgan fingerprint density at radius 1 is 1.75 bits per heavy atom. The molecule has 0 aliphatic carbocycles. The molecule has 1 N–H and O–H groups in total. The Morgan fingerprint density at radius 2 is 1.75 bits per heavy atom. The van der Waals surface area contributed by atoms with Gasteiger partial charge in [-0.05, 0) is 0 Å². The van der Waals surface area contributed by atoms with Gasteiger partial charge in [-0.2, -0.15) is 0 Å². The topological polar surface area (TPSA) is 20.2 Å². The predicted octanol–water partition coefficient (Wildman–Crippen LogP) is -3.18. The molecule has 0 fully saturated rings. The van der Waals surface area contributed by atoms with E-state index in [1.54, 1.807) is 0 Å². The van der Waals surface area contributed by atoms with Gasteiger partial charge in [-0.25, -0.2) is 0 Å². The first-order chi connectivity index (χ1) is 1.41. The van der Waals surface area contributed by atoms with Gasteiger partial charge in [0.1, 0.15) is 0 Å². The summed E-state index contributed by atoms with van der Waals surface area (Å²) in [5.74, 6) is 0. The van der Waals surface area contributed by atoms with E-state index < -0.39 is 0 Å². The van der Waals surface area contributed by atoms with Crippen LogP contribution < -0.4 is 18.9 Å². The molecule has 0 unspecified atom stereocenters. The van der Waals surface area contributed by atoms with Gasteiger partial charge in [0, 0.05) is 0 Å². The van der Waals surface area contributed by atoms with Crippen LogP contribution in [0.2, 0.25) is 0 Å². The van der Waals surface area contributed by atoms with E-state index >= 15 is 0 Å². The fourth-order valence-electron chi connectivity index (χ4n) is 0. The Labute approximate surface area is 38.2 Å². The number of hydrogen-bond donors (Lipinski definition) is 1. The number of rotatable bonds is 0. The maximum absolute atomic E-state index is 7.46. The van der Waals surface area contributed by atoms with E-state index in [4.69, 9.17) is 5.11 Å². The van der Waals surface area contributed by atoms with Gasteiger partial charge in [-0.15, -0.1) is 0 Å². The minimum absolute atomic E-state index is 0. The molecular weight excluding hydrogens is 47.0 g/mol. The molecule has 0 aromatic heterocycles. The van der Waals surface area contributed by atoms with Crippen molar-refractivity contribution in [2.75, 3.05) is 6.61 Å². The minimum atomic E-state index is 0. The van der Waals surface area contributed by atoms with Crippen molar-refractivity contribution in [3.8, 4) is 0 Å². The summed E-state index contributed by atoms with van der Waals surface area (Å²) in [5.41, 5.74) is 0. The van der Waals surface area contributed by atoms with E-state index in [0.717, 1.165) is 0 Å². The molecule has 0 heterocycles. The maximum atomic E-state index is 7.46. The van der Waals surface area contributed by atoms with Crippen molar-refractivity contribution in [3.63, 3.8) is 0 Å². The quantitative estimate of drug-likeness (QED) is 0.227. The average molecular weight is 52.0 g/mol. The van der Waals surface area contributed by atoms with Crippen LogP contribution in [0.4, 0.5) is 0 Å². The zero-order valence-electron chi connectivity index (χ0n) is 2.86. The van der Waals surface area contributed by atoms with Crippen molar-refractivity contribution < 1.29 is 24.0 Å². The van der Waals surface area contributed by atoms with Crippen LogP contribution in [0.5, 0.6) is 0 Å². The molecule has 0 saturated carbocycles. The monoisotopic (exact) mass is 52.1 g/mol. The van der Waals surface area contributed by atoms with Crippen LogP contribution in [0.1, 0.15) is 0 Å². The molecule has 0 aromatic carbocycles. The minimum Gasteiger partial charge on any atom is -0.428 e. The summed E-state index contributed by atoms with van der Waals surface area (Å²) in [6.45, 7) is 3.04. The van der Waals surface area contributed by atoms with Crippen LogP contribution in [-0.2, 0) is 0 Å². The second kappa shape index (κ2) is 9.59. The molecule has 4 heavy (non-hydrogen) atoms. The normalized spacial score (nSPS) is 4.50. The van der Waals surface area contributed by atoms with Gasteiger partial charge < -0.3 is 12.0 Å². The van der Waals surface area contributed by atoms with Crippen molar-refractivity contribution in [1.82, 2.24) is 0 Å². The SMILES string of the molecule is [CH2-]CO.[Li+]. The Kier molecular flexibility index (Phi) is 21.1. The van der Waals surface area contributed by atoms with E-state index in [1.807, 2.05) is 0 Å². The van der Waals surface area contributed by atoms with Gasteiger partial charge in [0.05, 0.1) is 0 Å². The Hall–Kier alpha value is 0.557. The third kappa shape index (κ3) is 20.0. The molecule has 0 aliphatic rings. The van der Waals surface area contributed by atoms with Gasteiger partial charge in [0.15, 0.2) is 0 Å². The Morgan fingerprint density at radius 3 is 1.75 bits per heavy atom. The Balaban J connectivity index is 0. The number of aliphatic hydroxyl groups excluding tert-OH is 1. The van der Waals surface area contributed by atoms with Crippen LogP contribution in [0.3, 0.4) is 0 Å². The van der Waals surface area contributed by atoms with E-state index in [-0.39, 0.29) is 25.5 Å². The second-order valence-corrected chi connectivity index (χ2v) is 0.224. The molecule has 1 nitrogen and oxygen atoms in total. The van der Waals surface area contributed by atoms with Crippen LogP contribution in [-0.4, -0.2) is 11.7 Å². The maximum Gasteiger partial charge on any atom is 1.00 e. The van der Waals surface area contributed by atoms with Crippen molar-refractivity contribution in [2.45, 2.75) is 0 Å². The molecule has 2 heteroatoms. The summed E-state index contributed by atoms with van der Waals surface area (Å²) in [6, 6.07) is 0. The summed E-state index contributed by atoms with van der Waals surface area (Å²) in [6.07, 6.45) is 0. The fourth-order valence-corrected chi connectivity index (χ4v) is 0. The average Bonchev–Trinajstić information content (AvgIpc) is 0.918. The summed E-state index contributed by atoms with van der Waals surface area (Å²) >= 11 is 0. The third-order valence-corrected chi connectivity index (χ3v) is 0. The van der Waals surface area contributed by atoms with Crippen LogP contribution in [0.15, 0.2) is 0 Å². The van der Waals surface area contributed by atoms with Crippen molar-refractivity contribution in [3.05, 3.63) is 6.92 Å². The molecule has 0 aliphatic heterocycles.